The first-order chi connectivity index (χ1) is 16.1. The number of benzene rings is 2. The normalized spacial score (nSPS) is 13.1. The number of nitrogens with zero attached hydrogens (tertiary/aromatic N) is 1. The van der Waals surface area contributed by atoms with Gasteiger partial charge in [-0.1, -0.05) is 36.4 Å². The van der Waals surface area contributed by atoms with Crippen LogP contribution in [0.1, 0.15) is 29.0 Å². The van der Waals surface area contributed by atoms with Gasteiger partial charge in [0.25, 0.3) is 5.56 Å². The first-order valence-electron chi connectivity index (χ1n) is 10.6. The van der Waals surface area contributed by atoms with Crippen LogP contribution in [-0.2, 0) is 13.1 Å². The Labute approximate surface area is 200 Å². The highest BCUT2D eigenvalue weighted by Gasteiger charge is 2.19. The van der Waals surface area contributed by atoms with Crippen LogP contribution in [-0.4, -0.2) is 21.8 Å². The van der Waals surface area contributed by atoms with Crippen LogP contribution in [0.15, 0.2) is 70.8 Å². The van der Waals surface area contributed by atoms with Crippen molar-refractivity contribution in [3.05, 3.63) is 92.4 Å². The van der Waals surface area contributed by atoms with E-state index in [4.69, 9.17) is 21.7 Å². The number of hydrogen-bond donors (Lipinski definition) is 2. The second kappa shape index (κ2) is 9.25. The van der Waals surface area contributed by atoms with Crippen molar-refractivity contribution in [1.82, 2.24) is 15.2 Å². The zero-order chi connectivity index (χ0) is 22.8. The lowest BCUT2D eigenvalue weighted by molar-refractivity contribution is 0.174. The van der Waals surface area contributed by atoms with Crippen LogP contribution < -0.4 is 20.3 Å². The lowest BCUT2D eigenvalue weighted by Gasteiger charge is -2.28. The van der Waals surface area contributed by atoms with E-state index in [1.807, 2.05) is 46.7 Å². The van der Waals surface area contributed by atoms with Crippen molar-refractivity contribution in [2.75, 3.05) is 6.79 Å². The Balaban J connectivity index is 1.42. The largest absolute Gasteiger partial charge is 0.454 e. The molecule has 6 nitrogen and oxygen atoms in total. The summed E-state index contributed by atoms with van der Waals surface area (Å²) in [6, 6.07) is 19.9. The van der Waals surface area contributed by atoms with Crippen molar-refractivity contribution in [2.45, 2.75) is 26.1 Å². The monoisotopic (exact) mass is 477 g/mol. The summed E-state index contributed by atoms with van der Waals surface area (Å²) < 4.78 is 10.9. The molecule has 2 N–H and O–H groups in total. The zero-order valence-corrected chi connectivity index (χ0v) is 19.7. The smallest absolute Gasteiger partial charge is 0.253 e. The molecular formula is C25H23N3O3S2. The van der Waals surface area contributed by atoms with E-state index in [1.54, 1.807) is 17.4 Å². The molecule has 168 valence electrons. The van der Waals surface area contributed by atoms with Gasteiger partial charge in [-0.05, 0) is 48.3 Å². The second-order valence-electron chi connectivity index (χ2n) is 7.93. The average Bonchev–Trinajstić information content (AvgIpc) is 3.50. The predicted octanol–water partition coefficient (Wildman–Crippen LogP) is 4.96. The number of aromatic nitrogens is 1. The number of nitrogens with one attached hydrogen (secondary N) is 2. The molecule has 0 fully saturated rings. The summed E-state index contributed by atoms with van der Waals surface area (Å²) in [4.78, 5) is 19.1. The lowest BCUT2D eigenvalue weighted by atomic mass is 10.1. The first-order valence-corrected chi connectivity index (χ1v) is 11.9. The molecule has 0 saturated carbocycles. The fourth-order valence-electron chi connectivity index (χ4n) is 3.86. The van der Waals surface area contributed by atoms with Crippen molar-refractivity contribution in [3.63, 3.8) is 0 Å². The Morgan fingerprint density at radius 2 is 1.91 bits per heavy atom. The quantitative estimate of drug-likeness (QED) is 0.383. The maximum absolute atomic E-state index is 12.9. The van der Waals surface area contributed by atoms with E-state index in [2.05, 4.69) is 35.4 Å². The summed E-state index contributed by atoms with van der Waals surface area (Å²) in [7, 11) is 0. The maximum Gasteiger partial charge on any atom is 0.253 e. The summed E-state index contributed by atoms with van der Waals surface area (Å²) in [5.74, 6) is 1.33. The van der Waals surface area contributed by atoms with Crippen molar-refractivity contribution >= 4 is 39.6 Å². The molecule has 2 aromatic heterocycles. The highest BCUT2D eigenvalue weighted by atomic mass is 32.1. The van der Waals surface area contributed by atoms with E-state index >= 15 is 0 Å². The van der Waals surface area contributed by atoms with Crippen LogP contribution in [0.5, 0.6) is 11.5 Å². The molecule has 1 atom stereocenters. The Morgan fingerprint density at radius 3 is 2.67 bits per heavy atom. The number of rotatable bonds is 6. The van der Waals surface area contributed by atoms with Crippen molar-refractivity contribution in [1.29, 1.82) is 0 Å². The zero-order valence-electron chi connectivity index (χ0n) is 18.0. The van der Waals surface area contributed by atoms with Gasteiger partial charge in [-0.25, -0.2) is 0 Å². The summed E-state index contributed by atoms with van der Waals surface area (Å²) in [6.07, 6.45) is 0. The fraction of sp³-hybridized carbons (Fsp3) is 0.200. The minimum Gasteiger partial charge on any atom is -0.454 e. The fourth-order valence-corrected chi connectivity index (χ4v) is 4.88. The summed E-state index contributed by atoms with van der Waals surface area (Å²) in [5.41, 5.74) is 2.36. The third kappa shape index (κ3) is 4.72. The van der Waals surface area contributed by atoms with Crippen LogP contribution in [0.25, 0.3) is 10.9 Å². The molecule has 0 amide bonds. The molecule has 0 radical (unpaired) electrons. The number of hydrogen-bond acceptors (Lipinski definition) is 5. The van der Waals surface area contributed by atoms with Crippen molar-refractivity contribution < 1.29 is 9.47 Å². The van der Waals surface area contributed by atoms with E-state index in [0.29, 0.717) is 35.3 Å². The van der Waals surface area contributed by atoms with Gasteiger partial charge < -0.3 is 24.7 Å². The Morgan fingerprint density at radius 1 is 1.12 bits per heavy atom. The molecular weight excluding hydrogens is 454 g/mol. The van der Waals surface area contributed by atoms with Gasteiger partial charge in [0.2, 0.25) is 6.79 Å². The van der Waals surface area contributed by atoms with Gasteiger partial charge in [-0.2, -0.15) is 0 Å². The lowest BCUT2D eigenvalue weighted by Crippen LogP contribution is -2.40. The van der Waals surface area contributed by atoms with E-state index < -0.39 is 0 Å². The summed E-state index contributed by atoms with van der Waals surface area (Å²) in [5, 5.41) is 6.97. The molecule has 0 bridgehead atoms. The van der Waals surface area contributed by atoms with Crippen LogP contribution >= 0.6 is 23.6 Å². The SMILES string of the molecule is C[C@@H](NC(=S)N(Cc1cccs1)Cc1cc2cc3c(cc2[nH]c1=O)OCO3)c1ccccc1. The molecule has 1 aliphatic heterocycles. The van der Waals surface area contributed by atoms with Gasteiger partial charge in [-0.3, -0.25) is 4.79 Å². The number of H-pyrrole nitrogens is 1. The number of thiocarbonyl (C=S) groups is 1. The van der Waals surface area contributed by atoms with Crippen molar-refractivity contribution in [3.8, 4) is 11.5 Å². The molecule has 0 aliphatic carbocycles. The number of aromatic amines is 1. The van der Waals surface area contributed by atoms with E-state index in [1.165, 1.54) is 4.88 Å². The molecule has 3 heterocycles. The molecule has 4 aromatic rings. The van der Waals surface area contributed by atoms with Crippen molar-refractivity contribution in [2.24, 2.45) is 0 Å². The van der Waals surface area contributed by atoms with Gasteiger partial charge in [-0.15, -0.1) is 11.3 Å². The predicted molar refractivity (Wildman–Crippen MR) is 135 cm³/mol. The van der Waals surface area contributed by atoms with Crippen LogP contribution in [0.2, 0.25) is 0 Å². The Hall–Kier alpha value is -3.36. The molecule has 5 rings (SSSR count). The highest BCUT2D eigenvalue weighted by molar-refractivity contribution is 7.80. The average molecular weight is 478 g/mol. The topological polar surface area (TPSA) is 66.6 Å². The molecule has 0 saturated heterocycles. The Kier molecular flexibility index (Phi) is 6.02. The molecule has 8 heteroatoms. The number of fused-ring (bicyclic) bond motifs is 2. The Bertz CT molecular complexity index is 1340. The standard InChI is InChI=1S/C25H23N3O3S2/c1-16(17-6-3-2-4-7-17)26-25(32)28(14-20-8-5-9-33-20)13-19-10-18-11-22-23(31-15-30-22)12-21(18)27-24(19)29/h2-12,16H,13-15H2,1H3,(H,26,32)(H,27,29)/t16-/m1/s1. The summed E-state index contributed by atoms with van der Waals surface area (Å²) >= 11 is 7.47. The highest BCUT2D eigenvalue weighted by Crippen LogP contribution is 2.35. The number of ether oxygens (including phenoxy) is 2. The third-order valence-electron chi connectivity index (χ3n) is 5.63. The number of pyridine rings is 1. The van der Waals surface area contributed by atoms with Crippen LogP contribution in [0.3, 0.4) is 0 Å². The van der Waals surface area contributed by atoms with Gasteiger partial charge in [0.05, 0.1) is 24.6 Å². The van der Waals surface area contributed by atoms with E-state index in [-0.39, 0.29) is 18.4 Å². The second-order valence-corrected chi connectivity index (χ2v) is 9.35. The van der Waals surface area contributed by atoms with Crippen LogP contribution in [0.4, 0.5) is 0 Å². The van der Waals surface area contributed by atoms with Gasteiger partial charge in [0.15, 0.2) is 16.6 Å². The first kappa shape index (κ1) is 21.5. The van der Waals surface area contributed by atoms with Gasteiger partial charge in [0.1, 0.15) is 0 Å². The minimum absolute atomic E-state index is 0.0409. The number of thiophene rings is 1. The van der Waals surface area contributed by atoms with E-state index in [0.717, 1.165) is 16.5 Å². The summed E-state index contributed by atoms with van der Waals surface area (Å²) in [6.45, 7) is 3.27. The van der Waals surface area contributed by atoms with Gasteiger partial charge in [0, 0.05) is 21.9 Å². The van der Waals surface area contributed by atoms with E-state index in [9.17, 15) is 4.79 Å². The molecule has 2 aromatic carbocycles. The van der Waals surface area contributed by atoms with Gasteiger partial charge >= 0.3 is 0 Å². The molecule has 33 heavy (non-hydrogen) atoms. The molecule has 0 unspecified atom stereocenters. The third-order valence-corrected chi connectivity index (χ3v) is 6.87. The minimum atomic E-state index is -0.142. The molecule has 1 aliphatic rings. The maximum atomic E-state index is 12.9. The van der Waals surface area contributed by atoms with Crippen LogP contribution in [0, 0.1) is 0 Å². The molecule has 0 spiro atoms.